The zero-order valence-corrected chi connectivity index (χ0v) is 12.1. The monoisotopic (exact) mass is 251 g/mol. The predicted molar refractivity (Wildman–Crippen MR) is 75.5 cm³/mol. The highest BCUT2D eigenvalue weighted by atomic mass is 15.3. The molecular weight excluding hydrogens is 222 g/mol. The fourth-order valence-corrected chi connectivity index (χ4v) is 4.70. The third-order valence-electron chi connectivity index (χ3n) is 5.94. The first-order valence-electron chi connectivity index (χ1n) is 7.85. The van der Waals surface area contributed by atoms with Gasteiger partial charge in [0.2, 0.25) is 0 Å². The summed E-state index contributed by atoms with van der Waals surface area (Å²) >= 11 is 0. The molecule has 2 N–H and O–H groups in total. The molecule has 3 aliphatic rings. The maximum absolute atomic E-state index is 6.30. The Bertz CT molecular complexity index is 306. The Morgan fingerprint density at radius 3 is 2.72 bits per heavy atom. The summed E-state index contributed by atoms with van der Waals surface area (Å²) in [6, 6.07) is 0.733. The first kappa shape index (κ1) is 12.9. The van der Waals surface area contributed by atoms with Crippen LogP contribution >= 0.6 is 0 Å². The van der Waals surface area contributed by atoms with Crippen molar-refractivity contribution in [2.24, 2.45) is 17.6 Å². The molecule has 3 heteroatoms. The van der Waals surface area contributed by atoms with E-state index < -0.39 is 0 Å². The van der Waals surface area contributed by atoms with Crippen LogP contribution in [0.4, 0.5) is 0 Å². The minimum Gasteiger partial charge on any atom is -0.329 e. The third-order valence-corrected chi connectivity index (χ3v) is 5.94. The molecular formula is C15H29N3. The molecule has 3 fully saturated rings. The Kier molecular flexibility index (Phi) is 3.41. The van der Waals surface area contributed by atoms with Gasteiger partial charge in [0.05, 0.1) is 0 Å². The minimum absolute atomic E-state index is 0.321. The second-order valence-electron chi connectivity index (χ2n) is 7.03. The number of nitrogens with two attached hydrogens (primary N) is 1. The quantitative estimate of drug-likeness (QED) is 0.808. The van der Waals surface area contributed by atoms with E-state index in [1.54, 1.807) is 0 Å². The number of hydrogen-bond donors (Lipinski definition) is 1. The van der Waals surface area contributed by atoms with Crippen molar-refractivity contribution in [2.45, 2.75) is 51.1 Å². The zero-order chi connectivity index (χ0) is 12.8. The van der Waals surface area contributed by atoms with Crippen LogP contribution in [0, 0.1) is 11.8 Å². The normalized spacial score (nSPS) is 49.5. The summed E-state index contributed by atoms with van der Waals surface area (Å²) in [5, 5.41) is 0. The van der Waals surface area contributed by atoms with Crippen LogP contribution in [-0.2, 0) is 0 Å². The highest BCUT2D eigenvalue weighted by Crippen LogP contribution is 2.42. The van der Waals surface area contributed by atoms with Gasteiger partial charge >= 0.3 is 0 Å². The molecule has 0 amide bonds. The number of piperidine rings is 2. The van der Waals surface area contributed by atoms with Gasteiger partial charge in [-0.15, -0.1) is 0 Å². The van der Waals surface area contributed by atoms with Gasteiger partial charge in [-0.25, -0.2) is 0 Å². The van der Waals surface area contributed by atoms with Crippen molar-refractivity contribution in [1.29, 1.82) is 0 Å². The molecule has 3 rings (SSSR count). The molecule has 3 aliphatic heterocycles. The molecule has 0 aromatic heterocycles. The highest BCUT2D eigenvalue weighted by Gasteiger charge is 2.50. The fraction of sp³-hybridized carbons (Fsp3) is 1.00. The van der Waals surface area contributed by atoms with Crippen molar-refractivity contribution >= 4 is 0 Å². The average molecular weight is 251 g/mol. The van der Waals surface area contributed by atoms with E-state index >= 15 is 0 Å². The Hall–Kier alpha value is -0.120. The first-order chi connectivity index (χ1) is 8.65. The number of rotatable bonds is 2. The van der Waals surface area contributed by atoms with Crippen LogP contribution in [0.5, 0.6) is 0 Å². The maximum atomic E-state index is 6.30. The number of fused-ring (bicyclic) bond motifs is 2. The van der Waals surface area contributed by atoms with Crippen LogP contribution in [0.3, 0.4) is 0 Å². The molecule has 3 heterocycles. The predicted octanol–water partition coefficient (Wildman–Crippen LogP) is 1.53. The number of hydrogen-bond acceptors (Lipinski definition) is 3. The summed E-state index contributed by atoms with van der Waals surface area (Å²) in [4.78, 5) is 5.45. The van der Waals surface area contributed by atoms with Crippen molar-refractivity contribution in [2.75, 3.05) is 32.7 Å². The van der Waals surface area contributed by atoms with Crippen LogP contribution in [-0.4, -0.2) is 54.1 Å². The average Bonchev–Trinajstić information content (AvgIpc) is 2.78. The van der Waals surface area contributed by atoms with Crippen LogP contribution in [0.1, 0.15) is 39.5 Å². The molecule has 0 aromatic carbocycles. The first-order valence-corrected chi connectivity index (χ1v) is 7.85. The minimum atomic E-state index is 0.321. The molecule has 3 saturated heterocycles. The van der Waals surface area contributed by atoms with E-state index in [2.05, 4.69) is 23.6 Å². The summed E-state index contributed by atoms with van der Waals surface area (Å²) in [7, 11) is 0. The van der Waals surface area contributed by atoms with Gasteiger partial charge in [-0.1, -0.05) is 6.92 Å². The molecule has 0 radical (unpaired) electrons. The van der Waals surface area contributed by atoms with Crippen molar-refractivity contribution < 1.29 is 0 Å². The van der Waals surface area contributed by atoms with Gasteiger partial charge in [0, 0.05) is 31.2 Å². The highest BCUT2D eigenvalue weighted by molar-refractivity contribution is 5.07. The lowest BCUT2D eigenvalue weighted by atomic mass is 9.74. The fourth-order valence-electron chi connectivity index (χ4n) is 4.70. The second kappa shape index (κ2) is 4.77. The maximum Gasteiger partial charge on any atom is 0.0387 e. The molecule has 0 saturated carbocycles. The molecule has 0 aliphatic carbocycles. The summed E-state index contributed by atoms with van der Waals surface area (Å²) < 4.78 is 0. The van der Waals surface area contributed by atoms with Gasteiger partial charge in [0.25, 0.3) is 0 Å². The largest absolute Gasteiger partial charge is 0.329 e. The topological polar surface area (TPSA) is 32.5 Å². The Morgan fingerprint density at radius 2 is 1.94 bits per heavy atom. The molecule has 0 aromatic rings. The lowest BCUT2D eigenvalue weighted by Gasteiger charge is -2.55. The van der Waals surface area contributed by atoms with Gasteiger partial charge in [-0.3, -0.25) is 4.90 Å². The van der Waals surface area contributed by atoms with Crippen LogP contribution in [0.15, 0.2) is 0 Å². The van der Waals surface area contributed by atoms with E-state index in [-0.39, 0.29) is 0 Å². The molecule has 5 unspecified atom stereocenters. The zero-order valence-electron chi connectivity index (χ0n) is 12.1. The van der Waals surface area contributed by atoms with Gasteiger partial charge in [0.15, 0.2) is 0 Å². The van der Waals surface area contributed by atoms with Crippen molar-refractivity contribution in [1.82, 2.24) is 9.80 Å². The van der Waals surface area contributed by atoms with E-state index in [1.807, 2.05) is 0 Å². The Morgan fingerprint density at radius 1 is 1.11 bits per heavy atom. The summed E-state index contributed by atoms with van der Waals surface area (Å²) in [5.41, 5.74) is 6.62. The van der Waals surface area contributed by atoms with E-state index in [9.17, 15) is 0 Å². The molecule has 104 valence electrons. The van der Waals surface area contributed by atoms with Crippen LogP contribution in [0.25, 0.3) is 0 Å². The third kappa shape index (κ3) is 1.91. The van der Waals surface area contributed by atoms with Crippen molar-refractivity contribution in [3.63, 3.8) is 0 Å². The van der Waals surface area contributed by atoms with Gasteiger partial charge in [0.1, 0.15) is 0 Å². The SMILES string of the molecule is CC1CCC(C)N(C2(CN)CCN3CCC2C3)C1. The Labute approximate surface area is 112 Å². The lowest BCUT2D eigenvalue weighted by molar-refractivity contribution is -0.0453. The summed E-state index contributed by atoms with van der Waals surface area (Å²) in [5.74, 6) is 1.67. The van der Waals surface area contributed by atoms with E-state index in [1.165, 1.54) is 51.9 Å². The summed E-state index contributed by atoms with van der Waals surface area (Å²) in [6.45, 7) is 10.8. The van der Waals surface area contributed by atoms with Gasteiger partial charge in [-0.2, -0.15) is 0 Å². The molecule has 5 atom stereocenters. The molecule has 0 spiro atoms. The van der Waals surface area contributed by atoms with E-state index in [4.69, 9.17) is 5.73 Å². The van der Waals surface area contributed by atoms with E-state index in [0.29, 0.717) is 5.54 Å². The van der Waals surface area contributed by atoms with Gasteiger partial charge in [-0.05, 0) is 57.5 Å². The Balaban J connectivity index is 1.85. The smallest absolute Gasteiger partial charge is 0.0387 e. The van der Waals surface area contributed by atoms with Crippen molar-refractivity contribution in [3.05, 3.63) is 0 Å². The number of nitrogens with zero attached hydrogens (tertiary/aromatic N) is 2. The molecule has 18 heavy (non-hydrogen) atoms. The van der Waals surface area contributed by atoms with Gasteiger partial charge < -0.3 is 10.6 Å². The van der Waals surface area contributed by atoms with E-state index in [0.717, 1.165) is 24.4 Å². The van der Waals surface area contributed by atoms with Crippen molar-refractivity contribution in [3.8, 4) is 0 Å². The summed E-state index contributed by atoms with van der Waals surface area (Å²) in [6.07, 6.45) is 5.43. The standard InChI is InChI=1S/C15H29N3/c1-12-3-4-13(2)18(9-12)15(11-16)6-8-17-7-5-14(15)10-17/h12-14H,3-11,16H2,1-2H3. The van der Waals surface area contributed by atoms with Crippen LogP contribution in [0.2, 0.25) is 0 Å². The molecule has 3 nitrogen and oxygen atoms in total. The molecule has 2 bridgehead atoms. The lowest BCUT2D eigenvalue weighted by Crippen LogP contribution is -2.66. The second-order valence-corrected chi connectivity index (χ2v) is 7.03. The number of likely N-dealkylation sites (tertiary alicyclic amines) is 1. The van der Waals surface area contributed by atoms with Crippen LogP contribution < -0.4 is 5.73 Å².